The van der Waals surface area contributed by atoms with Gasteiger partial charge in [-0.1, -0.05) is 25.8 Å². The van der Waals surface area contributed by atoms with Gasteiger partial charge in [-0.15, -0.1) is 0 Å². The number of hydrazine groups is 1. The molecule has 2 fully saturated rings. The van der Waals surface area contributed by atoms with Crippen LogP contribution in [0.2, 0.25) is 0 Å². The van der Waals surface area contributed by atoms with Crippen molar-refractivity contribution in [2.45, 2.75) is 62.4 Å². The zero-order valence-corrected chi connectivity index (χ0v) is 16.0. The molecule has 3 rings (SSSR count). The van der Waals surface area contributed by atoms with Gasteiger partial charge in [-0.2, -0.15) is 4.31 Å². The first-order chi connectivity index (χ1) is 12.5. The van der Waals surface area contributed by atoms with Gasteiger partial charge in [0.25, 0.3) is 0 Å². The van der Waals surface area contributed by atoms with E-state index >= 15 is 0 Å². The molecule has 144 valence electrons. The smallest absolute Gasteiger partial charge is 0.243 e. The lowest BCUT2D eigenvalue weighted by Crippen LogP contribution is -2.40. The van der Waals surface area contributed by atoms with Crippen molar-refractivity contribution < 1.29 is 13.2 Å². The molecule has 2 unspecified atom stereocenters. The Morgan fingerprint density at radius 1 is 1.23 bits per heavy atom. The highest BCUT2D eigenvalue weighted by molar-refractivity contribution is 7.89. The number of rotatable bonds is 6. The second-order valence-corrected chi connectivity index (χ2v) is 8.98. The van der Waals surface area contributed by atoms with Gasteiger partial charge in [0, 0.05) is 24.8 Å². The summed E-state index contributed by atoms with van der Waals surface area (Å²) in [5.74, 6) is -0.149. The van der Waals surface area contributed by atoms with Gasteiger partial charge in [0.2, 0.25) is 15.9 Å². The number of anilines is 1. The van der Waals surface area contributed by atoms with Crippen LogP contribution in [-0.2, 0) is 14.8 Å². The van der Waals surface area contributed by atoms with Gasteiger partial charge in [0.05, 0.1) is 4.90 Å². The Kier molecular flexibility index (Phi) is 6.29. The number of sulfonamides is 1. The van der Waals surface area contributed by atoms with Gasteiger partial charge < -0.3 is 5.32 Å². The lowest BCUT2D eigenvalue weighted by Gasteiger charge is -2.26. The number of amides is 1. The summed E-state index contributed by atoms with van der Waals surface area (Å²) in [4.78, 5) is 12.7. The molecule has 0 saturated carbocycles. The maximum atomic E-state index is 12.8. The Balaban J connectivity index is 1.66. The first kappa shape index (κ1) is 19.3. The van der Waals surface area contributed by atoms with Gasteiger partial charge in [0.15, 0.2) is 0 Å². The fraction of sp³-hybridized carbons (Fsp3) is 0.611. The normalized spacial score (nSPS) is 24.5. The van der Waals surface area contributed by atoms with Gasteiger partial charge in [0.1, 0.15) is 6.04 Å². The summed E-state index contributed by atoms with van der Waals surface area (Å²) in [6, 6.07) is 6.52. The van der Waals surface area contributed by atoms with E-state index in [4.69, 9.17) is 0 Å². The molecule has 2 atom stereocenters. The van der Waals surface area contributed by atoms with E-state index in [2.05, 4.69) is 23.1 Å². The summed E-state index contributed by atoms with van der Waals surface area (Å²) >= 11 is 0. The second-order valence-electron chi connectivity index (χ2n) is 7.04. The van der Waals surface area contributed by atoms with E-state index < -0.39 is 10.0 Å². The van der Waals surface area contributed by atoms with Gasteiger partial charge in [-0.25, -0.2) is 13.8 Å². The first-order valence-electron chi connectivity index (χ1n) is 9.43. The molecule has 26 heavy (non-hydrogen) atoms. The molecule has 3 N–H and O–H groups in total. The number of carbonyl (C=O) groups is 1. The lowest BCUT2D eigenvalue weighted by atomic mass is 10.1. The third-order valence-corrected chi connectivity index (χ3v) is 6.88. The van der Waals surface area contributed by atoms with Crippen molar-refractivity contribution >= 4 is 21.6 Å². The zero-order valence-electron chi connectivity index (χ0n) is 15.2. The van der Waals surface area contributed by atoms with Gasteiger partial charge >= 0.3 is 0 Å². The van der Waals surface area contributed by atoms with Crippen LogP contribution >= 0.6 is 0 Å². The van der Waals surface area contributed by atoms with Crippen LogP contribution in [0, 0.1) is 0 Å². The predicted molar refractivity (Wildman–Crippen MR) is 101 cm³/mol. The second kappa shape index (κ2) is 8.47. The standard InChI is InChI=1S/C18H28N4O3S/c1-2-7-15-13-17(21-20-15)18(23)19-14-8-6-9-16(12-14)26(24,25)22-10-4-3-5-11-22/h6,8-9,12,15,17,20-21H,2-5,7,10-11,13H2,1H3,(H,19,23). The zero-order chi connectivity index (χ0) is 18.6. The lowest BCUT2D eigenvalue weighted by molar-refractivity contribution is -0.117. The minimum Gasteiger partial charge on any atom is -0.325 e. The van der Waals surface area contributed by atoms with Crippen molar-refractivity contribution in [2.75, 3.05) is 18.4 Å². The molecule has 1 aromatic carbocycles. The predicted octanol–water partition coefficient (Wildman–Crippen LogP) is 1.83. The van der Waals surface area contributed by atoms with E-state index in [0.717, 1.165) is 38.5 Å². The Morgan fingerprint density at radius 2 is 2.00 bits per heavy atom. The summed E-state index contributed by atoms with van der Waals surface area (Å²) in [7, 11) is -3.50. The number of hydrogen-bond acceptors (Lipinski definition) is 5. The van der Waals surface area contributed by atoms with Crippen LogP contribution in [0.25, 0.3) is 0 Å². The molecule has 0 aliphatic carbocycles. The molecule has 2 aliphatic rings. The maximum absolute atomic E-state index is 12.8. The van der Waals surface area contributed by atoms with Crippen LogP contribution in [0.5, 0.6) is 0 Å². The van der Waals surface area contributed by atoms with Crippen LogP contribution in [0.3, 0.4) is 0 Å². The Bertz CT molecular complexity index is 732. The Hall–Kier alpha value is -1.48. The molecule has 8 heteroatoms. The molecule has 0 bridgehead atoms. The number of carbonyl (C=O) groups excluding carboxylic acids is 1. The summed E-state index contributed by atoms with van der Waals surface area (Å²) in [6.07, 6.45) is 5.67. The maximum Gasteiger partial charge on any atom is 0.243 e. The van der Waals surface area contributed by atoms with Crippen molar-refractivity contribution in [2.24, 2.45) is 0 Å². The van der Waals surface area contributed by atoms with E-state index in [9.17, 15) is 13.2 Å². The molecule has 2 aliphatic heterocycles. The van der Waals surface area contributed by atoms with Gasteiger partial charge in [-0.05, 0) is 43.9 Å². The molecule has 0 aromatic heterocycles. The first-order valence-corrected chi connectivity index (χ1v) is 10.9. The third kappa shape index (κ3) is 4.43. The van der Waals surface area contributed by atoms with Crippen LogP contribution in [0.1, 0.15) is 45.4 Å². The monoisotopic (exact) mass is 380 g/mol. The quantitative estimate of drug-likeness (QED) is 0.701. The van der Waals surface area contributed by atoms with Crippen LogP contribution in [-0.4, -0.2) is 43.8 Å². The largest absolute Gasteiger partial charge is 0.325 e. The highest BCUT2D eigenvalue weighted by Crippen LogP contribution is 2.23. The third-order valence-electron chi connectivity index (χ3n) is 4.99. The van der Waals surface area contributed by atoms with Crippen molar-refractivity contribution in [3.8, 4) is 0 Å². The SMILES string of the molecule is CCCC1CC(C(=O)Nc2cccc(S(=O)(=O)N3CCCCC3)c2)NN1. The minimum atomic E-state index is -3.50. The highest BCUT2D eigenvalue weighted by Gasteiger charge is 2.29. The molecular weight excluding hydrogens is 352 g/mol. The fourth-order valence-electron chi connectivity index (χ4n) is 3.55. The minimum absolute atomic E-state index is 0.149. The topological polar surface area (TPSA) is 90.5 Å². The highest BCUT2D eigenvalue weighted by atomic mass is 32.2. The molecule has 7 nitrogen and oxygen atoms in total. The van der Waals surface area contributed by atoms with E-state index in [0.29, 0.717) is 24.8 Å². The molecule has 2 heterocycles. The molecule has 0 spiro atoms. The van der Waals surface area contributed by atoms with Crippen LogP contribution in [0.15, 0.2) is 29.2 Å². The Morgan fingerprint density at radius 3 is 2.73 bits per heavy atom. The number of hydrogen-bond donors (Lipinski definition) is 3. The number of benzene rings is 1. The van der Waals surface area contributed by atoms with Crippen molar-refractivity contribution in [3.05, 3.63) is 24.3 Å². The molecule has 1 aromatic rings. The summed E-state index contributed by atoms with van der Waals surface area (Å²) in [5.41, 5.74) is 6.67. The van der Waals surface area contributed by atoms with E-state index in [1.165, 1.54) is 4.31 Å². The molecule has 0 radical (unpaired) electrons. The van der Waals surface area contributed by atoms with E-state index in [1.54, 1.807) is 24.3 Å². The Labute approximate surface area is 155 Å². The van der Waals surface area contributed by atoms with Crippen molar-refractivity contribution in [1.82, 2.24) is 15.2 Å². The summed E-state index contributed by atoms with van der Waals surface area (Å²) in [5, 5.41) is 2.84. The van der Waals surface area contributed by atoms with Gasteiger partial charge in [-0.3, -0.25) is 10.2 Å². The van der Waals surface area contributed by atoms with E-state index in [-0.39, 0.29) is 16.8 Å². The van der Waals surface area contributed by atoms with Crippen molar-refractivity contribution in [1.29, 1.82) is 0 Å². The van der Waals surface area contributed by atoms with E-state index in [1.807, 2.05) is 0 Å². The molecular formula is C18H28N4O3S. The average Bonchev–Trinajstić information content (AvgIpc) is 3.12. The molecule has 1 amide bonds. The summed E-state index contributed by atoms with van der Waals surface area (Å²) < 4.78 is 27.1. The number of piperidine rings is 1. The van der Waals surface area contributed by atoms with Crippen molar-refractivity contribution in [3.63, 3.8) is 0 Å². The average molecular weight is 381 g/mol. The van der Waals surface area contributed by atoms with Crippen LogP contribution < -0.4 is 16.2 Å². The number of nitrogens with one attached hydrogen (secondary N) is 3. The van der Waals surface area contributed by atoms with Crippen LogP contribution in [0.4, 0.5) is 5.69 Å². The summed E-state index contributed by atoms with van der Waals surface area (Å²) in [6.45, 7) is 3.24. The number of nitrogens with zero attached hydrogens (tertiary/aromatic N) is 1. The fourth-order valence-corrected chi connectivity index (χ4v) is 5.11. The molecule has 2 saturated heterocycles.